The highest BCUT2D eigenvalue weighted by atomic mass is 35.5. The third-order valence-corrected chi connectivity index (χ3v) is 17.5. The molecule has 328 valence electrons. The Kier molecular flexibility index (Phi) is 13.1. The van der Waals surface area contributed by atoms with Gasteiger partial charge in [0.2, 0.25) is 11.9 Å². The molecule has 0 unspecified atom stereocenters. The molecule has 0 spiro atoms. The van der Waals surface area contributed by atoms with E-state index >= 15 is 0 Å². The zero-order valence-electron chi connectivity index (χ0n) is 33.6. The number of aromatic nitrogens is 5. The van der Waals surface area contributed by atoms with Gasteiger partial charge >= 0.3 is 10.1 Å². The number of nitrogens with one attached hydrogen (secondary N) is 2. The number of fused-ring (bicyclic) bond motifs is 8. The first-order valence-electron chi connectivity index (χ1n) is 19.3. The molecule has 3 N–H and O–H groups in total. The lowest BCUT2D eigenvalue weighted by Gasteiger charge is -2.25. The molecule has 25 heteroatoms. The van der Waals surface area contributed by atoms with Crippen molar-refractivity contribution in [1.29, 1.82) is 0 Å². The van der Waals surface area contributed by atoms with Crippen LogP contribution in [0.4, 0.5) is 56.0 Å². The van der Waals surface area contributed by atoms with Gasteiger partial charge in [-0.15, -0.1) is 44.4 Å². The predicted octanol–water partition coefficient (Wildman–Crippen LogP) is 13.9. The molecule has 0 radical (unpaired) electrons. The van der Waals surface area contributed by atoms with E-state index in [4.69, 9.17) is 38.2 Å². The number of azo groups is 2. The van der Waals surface area contributed by atoms with E-state index in [0.29, 0.717) is 71.2 Å². The molecule has 5 aromatic heterocycles. The van der Waals surface area contributed by atoms with Gasteiger partial charge < -0.3 is 20.4 Å². The van der Waals surface area contributed by atoms with E-state index in [1.165, 1.54) is 34.6 Å². The first-order valence-corrected chi connectivity index (χ1v) is 26.1. The lowest BCUT2D eigenvalue weighted by Crippen LogP contribution is -2.22. The van der Waals surface area contributed by atoms with Crippen LogP contribution in [-0.2, 0) is 22.4 Å². The van der Waals surface area contributed by atoms with Gasteiger partial charge in [-0.25, -0.2) is 0 Å². The Bertz CT molecular complexity index is 3240. The topological polar surface area (TPSA) is 199 Å². The highest BCUT2D eigenvalue weighted by Gasteiger charge is 2.25. The molecule has 0 fully saturated rings. The van der Waals surface area contributed by atoms with E-state index in [1.54, 1.807) is 0 Å². The fourth-order valence-electron chi connectivity index (χ4n) is 6.78. The van der Waals surface area contributed by atoms with E-state index in [0.717, 1.165) is 63.3 Å². The maximum absolute atomic E-state index is 12.0. The summed E-state index contributed by atoms with van der Waals surface area (Å²) in [4.78, 5) is 20.1. The van der Waals surface area contributed by atoms with Crippen molar-refractivity contribution < 1.29 is 13.0 Å². The third kappa shape index (κ3) is 9.28. The van der Waals surface area contributed by atoms with E-state index in [-0.39, 0.29) is 27.3 Å². The van der Waals surface area contributed by atoms with E-state index in [2.05, 4.69) is 107 Å². The maximum atomic E-state index is 12.0. The van der Waals surface area contributed by atoms with E-state index in [1.807, 2.05) is 36.4 Å². The normalized spacial score (nSPS) is 13.3. The van der Waals surface area contributed by atoms with Gasteiger partial charge in [0, 0.05) is 43.3 Å². The molecule has 3 aromatic carbocycles. The molecule has 64 heavy (non-hydrogen) atoms. The second kappa shape index (κ2) is 18.7. The second-order valence-electron chi connectivity index (χ2n) is 13.8. The lowest BCUT2D eigenvalue weighted by atomic mass is 10.1. The number of thiophene rings is 2. The van der Waals surface area contributed by atoms with Gasteiger partial charge in [0.05, 0.1) is 36.4 Å². The Balaban J connectivity index is 1.13. The van der Waals surface area contributed by atoms with Crippen LogP contribution in [0.25, 0.3) is 20.4 Å². The summed E-state index contributed by atoms with van der Waals surface area (Å²) in [5, 5.41) is 27.8. The largest absolute Gasteiger partial charge is 0.372 e. The fourth-order valence-corrected chi connectivity index (χ4v) is 13.3. The number of halogens is 2. The number of thiol groups is 1. The number of thioether (sulfide) groups is 1. The van der Waals surface area contributed by atoms with Gasteiger partial charge in [-0.1, -0.05) is 70.6 Å². The summed E-state index contributed by atoms with van der Waals surface area (Å²) in [5.74, 6) is 1.07. The van der Waals surface area contributed by atoms with Crippen molar-refractivity contribution >= 4 is 180 Å². The summed E-state index contributed by atoms with van der Waals surface area (Å²) < 4.78 is 42.8. The van der Waals surface area contributed by atoms with Crippen molar-refractivity contribution in [3.63, 3.8) is 0 Å². The molecule has 0 atom stereocenters. The Morgan fingerprint density at radius 2 is 1.56 bits per heavy atom. The molecule has 0 saturated carbocycles. The van der Waals surface area contributed by atoms with Gasteiger partial charge in [0.15, 0.2) is 19.4 Å². The van der Waals surface area contributed by atoms with Crippen molar-refractivity contribution in [1.82, 2.24) is 23.7 Å². The van der Waals surface area contributed by atoms with Crippen LogP contribution in [0.1, 0.15) is 31.9 Å². The van der Waals surface area contributed by atoms with Crippen molar-refractivity contribution in [3.8, 4) is 0 Å². The molecule has 0 amide bonds. The van der Waals surface area contributed by atoms with Gasteiger partial charge in [-0.2, -0.15) is 32.1 Å². The Labute approximate surface area is 402 Å². The minimum atomic E-state index is -4.57. The number of hydrogen-bond acceptors (Lipinski definition) is 21. The van der Waals surface area contributed by atoms with E-state index < -0.39 is 14.3 Å². The van der Waals surface area contributed by atoms with Crippen LogP contribution in [0.2, 0.25) is 10.0 Å². The molecule has 6 bridgehead atoms. The van der Waals surface area contributed by atoms with Crippen LogP contribution < -0.4 is 20.4 Å². The number of nitrogens with zero attached hydrogens (tertiary/aromatic N) is 11. The van der Waals surface area contributed by atoms with Crippen molar-refractivity contribution in [3.05, 3.63) is 81.8 Å². The molecule has 6 heterocycles. The average Bonchev–Trinajstić information content (AvgIpc) is 4.03. The quantitative estimate of drug-likeness (QED) is 0.0542. The molecular formula is C39H33Cl2N13O3S7. The Morgan fingerprint density at radius 3 is 2.30 bits per heavy atom. The molecule has 9 rings (SSSR count). The van der Waals surface area contributed by atoms with E-state index in [9.17, 15) is 13.0 Å². The highest BCUT2D eigenvalue weighted by molar-refractivity contribution is 7.98. The maximum Gasteiger partial charge on any atom is 0.305 e. The molecule has 16 nitrogen and oxygen atoms in total. The summed E-state index contributed by atoms with van der Waals surface area (Å²) in [6, 6.07) is 20.1. The van der Waals surface area contributed by atoms with Gasteiger partial charge in [-0.3, -0.25) is 4.55 Å². The van der Waals surface area contributed by atoms with Gasteiger partial charge in [0.1, 0.15) is 21.0 Å². The van der Waals surface area contributed by atoms with Crippen LogP contribution in [-0.4, -0.2) is 56.3 Å². The predicted molar refractivity (Wildman–Crippen MR) is 266 cm³/mol. The standard InChI is InChI=1S/C39H33Cl2N13O3S7/c1-4-53(5-2)21-10-12-23(47-49-31-27-29(40)35(58)60-33(27)51-62-31)25(15-21)42-37-44-38-43-26-16-22(54(6-3)17-19-8-7-9-20(14-19)18-59-39(45-37)46-38)11-13-24(26)48-50-32-28-30(41)36(64(55,56)57)61-34(28)52-63-32/h7-16,58H,4-6,17-18H2,1-3H3,(H,55,56,57)(H2,42,43,44,45,46). The Morgan fingerprint density at radius 1 is 0.859 bits per heavy atom. The SMILES string of the molecule is CCN(CC)c1ccc(N=Nc2snc3sc(S)c(Cl)c23)c(Nc2nc3nc(n2)SCc2cccc(c2)CN(CC)c2ccc(N=Nc4snc5sc(S(=O)(=O)O)c(Cl)c45)c(c2)N3)c1. The number of hydrogen-bond donors (Lipinski definition) is 4. The lowest BCUT2D eigenvalue weighted by molar-refractivity contribution is 0.485. The minimum absolute atomic E-state index is 0.162. The summed E-state index contributed by atoms with van der Waals surface area (Å²) in [7, 11) is -4.57. The van der Waals surface area contributed by atoms with Crippen LogP contribution >= 0.6 is 93.3 Å². The molecule has 1 aliphatic heterocycles. The zero-order valence-corrected chi connectivity index (χ0v) is 40.9. The van der Waals surface area contributed by atoms with Crippen molar-refractivity contribution in [2.75, 3.05) is 40.1 Å². The first-order chi connectivity index (χ1) is 30.9. The second-order valence-corrected chi connectivity index (χ2v) is 21.4. The number of benzene rings is 3. The zero-order chi connectivity index (χ0) is 44.7. The molecule has 0 saturated heterocycles. The van der Waals surface area contributed by atoms with Crippen LogP contribution in [0, 0.1) is 0 Å². The smallest absolute Gasteiger partial charge is 0.305 e. The molecule has 1 aliphatic rings. The highest BCUT2D eigenvalue weighted by Crippen LogP contribution is 2.47. The summed E-state index contributed by atoms with van der Waals surface area (Å²) >= 11 is 23.3. The fraction of sp³-hybridized carbons (Fsp3) is 0.205. The average molecular weight is 1030 g/mol. The Hall–Kier alpha value is -4.56. The summed E-state index contributed by atoms with van der Waals surface area (Å²) in [5.41, 5.74) is 6.20. The monoisotopic (exact) mass is 1030 g/mol. The molecular weight excluding hydrogens is 994 g/mol. The first kappa shape index (κ1) is 44.6. The van der Waals surface area contributed by atoms with Gasteiger partial charge in [-0.05, 0) is 91.4 Å². The number of rotatable bonds is 11. The van der Waals surface area contributed by atoms with Crippen LogP contribution in [0.3, 0.4) is 0 Å². The summed E-state index contributed by atoms with van der Waals surface area (Å²) in [6.45, 7) is 9.23. The van der Waals surface area contributed by atoms with Crippen molar-refractivity contribution in [2.24, 2.45) is 20.5 Å². The van der Waals surface area contributed by atoms with Gasteiger partial charge in [0.25, 0.3) is 0 Å². The molecule has 8 aromatic rings. The van der Waals surface area contributed by atoms with Crippen LogP contribution in [0.5, 0.6) is 0 Å². The number of anilines is 6. The van der Waals surface area contributed by atoms with Crippen molar-refractivity contribution in [2.45, 2.75) is 46.6 Å². The minimum Gasteiger partial charge on any atom is -0.372 e. The summed E-state index contributed by atoms with van der Waals surface area (Å²) in [6.07, 6.45) is 0. The van der Waals surface area contributed by atoms with Crippen LogP contribution in [0.15, 0.2) is 94.7 Å². The third-order valence-electron chi connectivity index (χ3n) is 9.88. The molecule has 0 aliphatic carbocycles.